The van der Waals surface area contributed by atoms with Gasteiger partial charge in [-0.25, -0.2) is 4.39 Å². The number of nitrogens with one attached hydrogen (secondary N) is 1. The van der Waals surface area contributed by atoms with Crippen LogP contribution in [0.3, 0.4) is 0 Å². The molecule has 106 valence electrons. The molecule has 2 rings (SSSR count). The van der Waals surface area contributed by atoms with Crippen LogP contribution in [0.2, 0.25) is 0 Å². The van der Waals surface area contributed by atoms with Crippen LogP contribution in [-0.2, 0) is 6.42 Å². The van der Waals surface area contributed by atoms with Gasteiger partial charge in [0.25, 0.3) is 0 Å². The molecule has 2 aromatic carbocycles. The first-order valence-electron chi connectivity index (χ1n) is 7.32. The van der Waals surface area contributed by atoms with Crippen LogP contribution in [0.25, 0.3) is 0 Å². The Bertz CT molecular complexity index is 533. The van der Waals surface area contributed by atoms with Gasteiger partial charge in [-0.3, -0.25) is 0 Å². The lowest BCUT2D eigenvalue weighted by molar-refractivity contribution is 0.585. The van der Waals surface area contributed by atoms with E-state index in [1.807, 2.05) is 6.07 Å². The van der Waals surface area contributed by atoms with Crippen molar-refractivity contribution in [2.45, 2.75) is 32.7 Å². The van der Waals surface area contributed by atoms with Crippen molar-refractivity contribution in [3.05, 3.63) is 71.0 Å². The van der Waals surface area contributed by atoms with E-state index < -0.39 is 0 Å². The van der Waals surface area contributed by atoms with Gasteiger partial charge in [-0.1, -0.05) is 50.2 Å². The second kappa shape index (κ2) is 7.20. The van der Waals surface area contributed by atoms with Crippen molar-refractivity contribution in [3.8, 4) is 0 Å². The average molecular weight is 271 g/mol. The van der Waals surface area contributed by atoms with Gasteiger partial charge in [0.05, 0.1) is 6.04 Å². The van der Waals surface area contributed by atoms with Crippen LogP contribution in [-0.4, -0.2) is 6.54 Å². The van der Waals surface area contributed by atoms with E-state index in [1.165, 1.54) is 17.2 Å². The first-order valence-corrected chi connectivity index (χ1v) is 7.32. The fraction of sp³-hybridized carbons (Fsp3) is 0.333. The molecule has 1 N–H and O–H groups in total. The first-order chi connectivity index (χ1) is 9.74. The molecule has 0 aliphatic heterocycles. The predicted octanol–water partition coefficient (Wildman–Crippen LogP) is 4.48. The highest BCUT2D eigenvalue weighted by molar-refractivity contribution is 5.33. The fourth-order valence-electron chi connectivity index (χ4n) is 2.35. The summed E-state index contributed by atoms with van der Waals surface area (Å²) in [6.45, 7) is 5.20. The molecule has 0 amide bonds. The SMILES string of the molecule is CCCNC(c1ccc(CC)cc1)c1cccc(F)c1. The van der Waals surface area contributed by atoms with Gasteiger partial charge in [0, 0.05) is 0 Å². The Balaban J connectivity index is 2.30. The third kappa shape index (κ3) is 3.67. The summed E-state index contributed by atoms with van der Waals surface area (Å²) in [5.41, 5.74) is 3.48. The van der Waals surface area contributed by atoms with Gasteiger partial charge >= 0.3 is 0 Å². The Labute approximate surface area is 120 Å². The predicted molar refractivity (Wildman–Crippen MR) is 82.4 cm³/mol. The molecule has 1 nitrogen and oxygen atoms in total. The summed E-state index contributed by atoms with van der Waals surface area (Å²) in [7, 11) is 0. The molecule has 0 saturated heterocycles. The van der Waals surface area contributed by atoms with Crippen LogP contribution in [0.5, 0.6) is 0 Å². The van der Waals surface area contributed by atoms with Crippen molar-refractivity contribution in [2.75, 3.05) is 6.54 Å². The summed E-state index contributed by atoms with van der Waals surface area (Å²) in [6.07, 6.45) is 2.09. The second-order valence-corrected chi connectivity index (χ2v) is 5.04. The highest BCUT2D eigenvalue weighted by atomic mass is 19.1. The van der Waals surface area contributed by atoms with E-state index in [1.54, 1.807) is 12.1 Å². The van der Waals surface area contributed by atoms with Crippen molar-refractivity contribution >= 4 is 0 Å². The Morgan fingerprint density at radius 3 is 2.35 bits per heavy atom. The third-order valence-electron chi connectivity index (χ3n) is 3.50. The molecule has 2 heteroatoms. The zero-order valence-electron chi connectivity index (χ0n) is 12.2. The molecule has 0 spiro atoms. The van der Waals surface area contributed by atoms with Crippen LogP contribution in [0, 0.1) is 5.82 Å². The second-order valence-electron chi connectivity index (χ2n) is 5.04. The zero-order chi connectivity index (χ0) is 14.4. The number of halogens is 1. The van der Waals surface area contributed by atoms with Crippen molar-refractivity contribution in [1.29, 1.82) is 0 Å². The number of hydrogen-bond acceptors (Lipinski definition) is 1. The molecule has 0 aromatic heterocycles. The van der Waals surface area contributed by atoms with E-state index in [0.29, 0.717) is 0 Å². The van der Waals surface area contributed by atoms with Gasteiger partial charge in [-0.2, -0.15) is 0 Å². The molecule has 0 fully saturated rings. The van der Waals surface area contributed by atoms with Gasteiger partial charge in [0.2, 0.25) is 0 Å². The molecule has 0 bridgehead atoms. The Morgan fingerprint density at radius 1 is 1.00 bits per heavy atom. The quantitative estimate of drug-likeness (QED) is 0.817. The summed E-state index contributed by atoms with van der Waals surface area (Å²) < 4.78 is 13.5. The Hall–Kier alpha value is -1.67. The van der Waals surface area contributed by atoms with E-state index in [9.17, 15) is 4.39 Å². The van der Waals surface area contributed by atoms with E-state index >= 15 is 0 Å². The normalized spacial score (nSPS) is 12.3. The first kappa shape index (κ1) is 14.7. The molecule has 1 atom stereocenters. The van der Waals surface area contributed by atoms with Gasteiger partial charge in [0.1, 0.15) is 5.82 Å². The molecule has 1 unspecified atom stereocenters. The van der Waals surface area contributed by atoms with Crippen LogP contribution < -0.4 is 5.32 Å². The summed E-state index contributed by atoms with van der Waals surface area (Å²) in [6, 6.07) is 15.5. The lowest BCUT2D eigenvalue weighted by atomic mass is 9.97. The third-order valence-corrected chi connectivity index (χ3v) is 3.50. The molecular formula is C18H22FN. The largest absolute Gasteiger partial charge is 0.306 e. The van der Waals surface area contributed by atoms with Crippen molar-refractivity contribution in [2.24, 2.45) is 0 Å². The molecule has 0 saturated carbocycles. The molecular weight excluding hydrogens is 249 g/mol. The van der Waals surface area contributed by atoms with E-state index in [-0.39, 0.29) is 11.9 Å². The summed E-state index contributed by atoms with van der Waals surface area (Å²) in [5, 5.41) is 3.50. The highest BCUT2D eigenvalue weighted by Gasteiger charge is 2.13. The number of rotatable bonds is 6. The standard InChI is InChI=1S/C18H22FN/c1-3-12-20-18(16-6-5-7-17(19)13-16)15-10-8-14(4-2)9-11-15/h5-11,13,18,20H,3-4,12H2,1-2H3. The highest BCUT2D eigenvalue weighted by Crippen LogP contribution is 2.23. The van der Waals surface area contributed by atoms with E-state index in [2.05, 4.69) is 43.4 Å². The van der Waals surface area contributed by atoms with Crippen molar-refractivity contribution in [3.63, 3.8) is 0 Å². The van der Waals surface area contributed by atoms with Crippen LogP contribution in [0.15, 0.2) is 48.5 Å². The summed E-state index contributed by atoms with van der Waals surface area (Å²) >= 11 is 0. The minimum absolute atomic E-state index is 0.0524. The maximum absolute atomic E-state index is 13.5. The van der Waals surface area contributed by atoms with Crippen LogP contribution in [0.4, 0.5) is 4.39 Å². The Kier molecular flexibility index (Phi) is 5.31. The number of hydrogen-bond donors (Lipinski definition) is 1. The molecule has 0 heterocycles. The van der Waals surface area contributed by atoms with E-state index in [0.717, 1.165) is 24.9 Å². The number of aryl methyl sites for hydroxylation is 1. The zero-order valence-corrected chi connectivity index (χ0v) is 12.2. The Morgan fingerprint density at radius 2 is 1.75 bits per heavy atom. The minimum atomic E-state index is -0.184. The van der Waals surface area contributed by atoms with Crippen LogP contribution in [0.1, 0.15) is 43.0 Å². The summed E-state index contributed by atoms with van der Waals surface area (Å²) in [5.74, 6) is -0.184. The molecule has 2 aromatic rings. The molecule has 20 heavy (non-hydrogen) atoms. The average Bonchev–Trinajstić information content (AvgIpc) is 2.48. The number of benzene rings is 2. The van der Waals surface area contributed by atoms with Gasteiger partial charge in [0.15, 0.2) is 0 Å². The van der Waals surface area contributed by atoms with Crippen molar-refractivity contribution in [1.82, 2.24) is 5.32 Å². The molecule has 0 aliphatic rings. The monoisotopic (exact) mass is 271 g/mol. The molecule has 0 aliphatic carbocycles. The van der Waals surface area contributed by atoms with Crippen LogP contribution >= 0.6 is 0 Å². The lowest BCUT2D eigenvalue weighted by Crippen LogP contribution is -2.23. The lowest BCUT2D eigenvalue weighted by Gasteiger charge is -2.20. The van der Waals surface area contributed by atoms with Gasteiger partial charge in [-0.15, -0.1) is 0 Å². The summed E-state index contributed by atoms with van der Waals surface area (Å²) in [4.78, 5) is 0. The minimum Gasteiger partial charge on any atom is -0.306 e. The fourth-order valence-corrected chi connectivity index (χ4v) is 2.35. The maximum atomic E-state index is 13.5. The van der Waals surface area contributed by atoms with Gasteiger partial charge < -0.3 is 5.32 Å². The topological polar surface area (TPSA) is 12.0 Å². The smallest absolute Gasteiger partial charge is 0.123 e. The molecule has 0 radical (unpaired) electrons. The van der Waals surface area contributed by atoms with E-state index in [4.69, 9.17) is 0 Å². The maximum Gasteiger partial charge on any atom is 0.123 e. The van der Waals surface area contributed by atoms with Gasteiger partial charge in [-0.05, 0) is 48.2 Å². The van der Waals surface area contributed by atoms with Crippen molar-refractivity contribution < 1.29 is 4.39 Å².